The molecule has 0 aromatic rings. The topological polar surface area (TPSA) is 109 Å². The normalized spacial score (nSPS) is 12.5. The molecule has 15 heavy (non-hydrogen) atoms. The van der Waals surface area contributed by atoms with Crippen LogP contribution in [0.3, 0.4) is 0 Å². The van der Waals surface area contributed by atoms with Crippen LogP contribution in [0.1, 0.15) is 0 Å². The second kappa shape index (κ2) is 9.28. The highest BCUT2D eigenvalue weighted by Crippen LogP contribution is 1.90. The Hall–Kier alpha value is 0.0400. The summed E-state index contributed by atoms with van der Waals surface area (Å²) in [7, 11) is -3.46. The average molecular weight is 276 g/mol. The lowest BCUT2D eigenvalue weighted by Crippen LogP contribution is -2.41. The molecule has 0 fully saturated rings. The van der Waals surface area contributed by atoms with Crippen LogP contribution < -0.4 is 10.5 Å². The van der Waals surface area contributed by atoms with E-state index in [4.69, 9.17) is 10.8 Å². The fraction of sp³-hybridized carbons (Fsp3) is 0.833. The number of sulfonamides is 1. The largest absolute Gasteiger partial charge is 0.480 e. The van der Waals surface area contributed by atoms with Crippen LogP contribution in [0.15, 0.2) is 0 Å². The van der Waals surface area contributed by atoms with Crippen molar-refractivity contribution in [2.75, 3.05) is 24.3 Å². The van der Waals surface area contributed by atoms with Crippen molar-refractivity contribution in [3.63, 3.8) is 0 Å². The summed E-state index contributed by atoms with van der Waals surface area (Å²) in [5, 5.41) is 8.36. The second-order valence-corrected chi connectivity index (χ2v) is 5.07. The first kappa shape index (κ1) is 17.4. The minimum atomic E-state index is -3.46. The average Bonchev–Trinajstić information content (AvgIpc) is 2.13. The van der Waals surface area contributed by atoms with Gasteiger partial charge in [0.05, 0.1) is 6.26 Å². The van der Waals surface area contributed by atoms with Gasteiger partial charge in [-0.05, 0) is 0 Å². The van der Waals surface area contributed by atoms with Gasteiger partial charge in [-0.1, -0.05) is 0 Å². The molecule has 0 saturated carbocycles. The molecule has 9 heteroatoms. The predicted molar refractivity (Wildman–Crippen MR) is 66.2 cm³/mol. The van der Waals surface area contributed by atoms with E-state index in [-0.39, 0.29) is 5.75 Å². The molecule has 0 spiro atoms. The zero-order valence-electron chi connectivity index (χ0n) is 8.25. The SMILES string of the molecule is CS(=O)(=O)NC(CS)C(=O)O.NCCS. The lowest BCUT2D eigenvalue weighted by atomic mass is 10.4. The number of hydrogen-bond acceptors (Lipinski definition) is 6. The zero-order valence-corrected chi connectivity index (χ0v) is 10.9. The highest BCUT2D eigenvalue weighted by atomic mass is 32.2. The molecular weight excluding hydrogens is 260 g/mol. The summed E-state index contributed by atoms with van der Waals surface area (Å²) in [6, 6.07) is -1.15. The van der Waals surface area contributed by atoms with Gasteiger partial charge in [0.1, 0.15) is 6.04 Å². The Morgan fingerprint density at radius 3 is 2.00 bits per heavy atom. The summed E-state index contributed by atoms with van der Waals surface area (Å²) in [6.45, 7) is 0.684. The smallest absolute Gasteiger partial charge is 0.322 e. The van der Waals surface area contributed by atoms with Gasteiger partial charge in [-0.15, -0.1) is 0 Å². The molecule has 0 bridgehead atoms. The summed E-state index contributed by atoms with van der Waals surface area (Å²) in [6.07, 6.45) is 0.895. The molecule has 0 aromatic carbocycles. The van der Waals surface area contributed by atoms with Gasteiger partial charge in [0.2, 0.25) is 10.0 Å². The van der Waals surface area contributed by atoms with Crippen LogP contribution in [0, 0.1) is 0 Å². The van der Waals surface area contributed by atoms with E-state index in [9.17, 15) is 13.2 Å². The monoisotopic (exact) mass is 276 g/mol. The number of carboxylic acids is 1. The molecule has 1 unspecified atom stereocenters. The highest BCUT2D eigenvalue weighted by molar-refractivity contribution is 7.88. The molecular formula is C6H16N2O4S3. The Morgan fingerprint density at radius 2 is 1.93 bits per heavy atom. The number of hydrogen-bond donors (Lipinski definition) is 5. The second-order valence-electron chi connectivity index (χ2n) is 2.48. The number of aliphatic carboxylic acids is 1. The fourth-order valence-corrected chi connectivity index (χ4v) is 1.50. The first-order valence-corrected chi connectivity index (χ1v) is 7.06. The number of nitrogens with two attached hydrogens (primary N) is 1. The van der Waals surface area contributed by atoms with Gasteiger partial charge >= 0.3 is 5.97 Å². The molecule has 0 rings (SSSR count). The molecule has 92 valence electrons. The van der Waals surface area contributed by atoms with Crippen LogP contribution >= 0.6 is 25.3 Å². The van der Waals surface area contributed by atoms with Gasteiger partial charge in [-0.25, -0.2) is 13.1 Å². The molecule has 1 atom stereocenters. The van der Waals surface area contributed by atoms with Gasteiger partial charge in [0.15, 0.2) is 0 Å². The van der Waals surface area contributed by atoms with Crippen molar-refractivity contribution in [3.05, 3.63) is 0 Å². The molecule has 0 aliphatic rings. The maximum Gasteiger partial charge on any atom is 0.322 e. The third kappa shape index (κ3) is 14.0. The number of carboxylic acid groups (broad SMARTS) is 1. The quantitative estimate of drug-likeness (QED) is 0.405. The number of rotatable bonds is 5. The number of carbonyl (C=O) groups is 1. The minimum absolute atomic E-state index is 0.0671. The zero-order chi connectivity index (χ0) is 12.5. The van der Waals surface area contributed by atoms with Crippen LogP contribution in [0.4, 0.5) is 0 Å². The molecule has 0 saturated heterocycles. The van der Waals surface area contributed by atoms with Crippen LogP contribution in [0.25, 0.3) is 0 Å². The summed E-state index contributed by atoms with van der Waals surface area (Å²) in [5.74, 6) is -0.506. The van der Waals surface area contributed by atoms with Crippen LogP contribution in [0.5, 0.6) is 0 Å². The lowest BCUT2D eigenvalue weighted by Gasteiger charge is -2.08. The Kier molecular flexibility index (Phi) is 10.8. The van der Waals surface area contributed by atoms with Crippen molar-refractivity contribution in [1.29, 1.82) is 0 Å². The van der Waals surface area contributed by atoms with Crippen LogP contribution in [-0.4, -0.2) is 49.8 Å². The van der Waals surface area contributed by atoms with Crippen LogP contribution in [-0.2, 0) is 14.8 Å². The van der Waals surface area contributed by atoms with Crippen molar-refractivity contribution < 1.29 is 18.3 Å². The van der Waals surface area contributed by atoms with E-state index < -0.39 is 22.0 Å². The lowest BCUT2D eigenvalue weighted by molar-refractivity contribution is -0.138. The molecule has 0 heterocycles. The van der Waals surface area contributed by atoms with Gasteiger partial charge in [0.25, 0.3) is 0 Å². The third-order valence-electron chi connectivity index (χ3n) is 0.966. The molecule has 6 nitrogen and oxygen atoms in total. The summed E-state index contributed by atoms with van der Waals surface area (Å²) >= 11 is 7.45. The van der Waals surface area contributed by atoms with E-state index in [1.807, 2.05) is 4.72 Å². The van der Waals surface area contributed by atoms with E-state index >= 15 is 0 Å². The highest BCUT2D eigenvalue weighted by Gasteiger charge is 2.18. The van der Waals surface area contributed by atoms with E-state index in [1.54, 1.807) is 0 Å². The van der Waals surface area contributed by atoms with E-state index in [0.29, 0.717) is 6.54 Å². The Balaban J connectivity index is 0. The molecule has 0 aliphatic heterocycles. The van der Waals surface area contributed by atoms with Gasteiger partial charge in [-0.2, -0.15) is 25.3 Å². The molecule has 4 N–H and O–H groups in total. The van der Waals surface area contributed by atoms with E-state index in [1.165, 1.54) is 0 Å². The summed E-state index contributed by atoms with van der Waals surface area (Å²) in [5.41, 5.74) is 4.95. The van der Waals surface area contributed by atoms with Crippen molar-refractivity contribution >= 4 is 41.3 Å². The van der Waals surface area contributed by atoms with Crippen molar-refractivity contribution in [2.24, 2.45) is 5.73 Å². The van der Waals surface area contributed by atoms with Crippen molar-refractivity contribution in [2.45, 2.75) is 6.04 Å². The number of thiol groups is 2. The third-order valence-corrected chi connectivity index (χ3v) is 2.30. The standard InChI is InChI=1S/C4H9NO4S2.C2H7NS/c1-11(8,9)5-3(2-10)4(6)7;3-1-2-4/h3,5,10H,2H2,1H3,(H,6,7);4H,1-3H2. The molecule has 0 aliphatic carbocycles. The van der Waals surface area contributed by atoms with Crippen LogP contribution in [0.2, 0.25) is 0 Å². The fourth-order valence-electron chi connectivity index (χ4n) is 0.424. The molecule has 0 radical (unpaired) electrons. The molecule has 0 amide bonds. The first-order chi connectivity index (χ1) is 6.78. The predicted octanol–water partition coefficient (Wildman–Crippen LogP) is -1.21. The Morgan fingerprint density at radius 1 is 1.53 bits per heavy atom. The van der Waals surface area contributed by atoms with Gasteiger partial charge in [-0.3, -0.25) is 4.79 Å². The van der Waals surface area contributed by atoms with Crippen molar-refractivity contribution in [1.82, 2.24) is 4.72 Å². The maximum absolute atomic E-state index is 10.5. The Labute approximate surface area is 100 Å². The molecule has 0 aromatic heterocycles. The van der Waals surface area contributed by atoms with Gasteiger partial charge in [0, 0.05) is 18.1 Å². The minimum Gasteiger partial charge on any atom is -0.480 e. The van der Waals surface area contributed by atoms with Gasteiger partial charge < -0.3 is 10.8 Å². The summed E-state index contributed by atoms with van der Waals surface area (Å²) in [4.78, 5) is 10.2. The Bertz CT molecular complexity index is 266. The first-order valence-electron chi connectivity index (χ1n) is 3.90. The van der Waals surface area contributed by atoms with E-state index in [2.05, 4.69) is 25.3 Å². The summed E-state index contributed by atoms with van der Waals surface area (Å²) < 4.78 is 22.9. The maximum atomic E-state index is 10.5. The van der Waals surface area contributed by atoms with E-state index in [0.717, 1.165) is 12.0 Å². The number of nitrogens with one attached hydrogen (secondary N) is 1. The van der Waals surface area contributed by atoms with Crippen molar-refractivity contribution in [3.8, 4) is 0 Å².